The lowest BCUT2D eigenvalue weighted by Crippen LogP contribution is -2.41. The smallest absolute Gasteiger partial charge is 0.379 e. The number of carbonyl (C=O) groups is 1. The number of nitrogens with two attached hydrogens (primary N) is 1. The summed E-state index contributed by atoms with van der Waals surface area (Å²) >= 11 is 11.4. The van der Waals surface area contributed by atoms with Crippen molar-refractivity contribution in [3.8, 4) is 0 Å². The summed E-state index contributed by atoms with van der Waals surface area (Å²) in [6.45, 7) is 1.26. The van der Waals surface area contributed by atoms with Crippen LogP contribution < -0.4 is 5.73 Å². The molecule has 0 fully saturated rings. The van der Waals surface area contributed by atoms with Gasteiger partial charge in [-0.15, -0.1) is 12.4 Å². The highest BCUT2D eigenvalue weighted by atomic mass is 35.5. The summed E-state index contributed by atoms with van der Waals surface area (Å²) in [5, 5.41) is 0.209. The first-order valence-corrected chi connectivity index (χ1v) is 5.81. The van der Waals surface area contributed by atoms with Crippen LogP contribution in [0.1, 0.15) is 18.5 Å². The Kier molecular flexibility index (Phi) is 7.00. The van der Waals surface area contributed by atoms with Crippen molar-refractivity contribution in [2.24, 2.45) is 5.73 Å². The van der Waals surface area contributed by atoms with E-state index in [1.54, 1.807) is 0 Å². The molecule has 0 bridgehead atoms. The summed E-state index contributed by atoms with van der Waals surface area (Å²) in [5.41, 5.74) is 5.27. The fraction of sp³-hybridized carbons (Fsp3) is 0.364. The summed E-state index contributed by atoms with van der Waals surface area (Å²) in [5.74, 6) is -5.56. The van der Waals surface area contributed by atoms with E-state index in [4.69, 9.17) is 28.9 Å². The van der Waals surface area contributed by atoms with Gasteiger partial charge >= 0.3 is 11.9 Å². The van der Waals surface area contributed by atoms with Crippen molar-refractivity contribution >= 4 is 41.6 Å². The van der Waals surface area contributed by atoms with Gasteiger partial charge in [0.25, 0.3) is 0 Å². The Hall–Kier alpha value is -0.620. The number of benzene rings is 1. The molecule has 0 aliphatic carbocycles. The van der Waals surface area contributed by atoms with Crippen LogP contribution in [0.4, 0.5) is 8.78 Å². The number of alkyl halides is 2. The third-order valence-electron chi connectivity index (χ3n) is 2.23. The zero-order valence-electron chi connectivity index (χ0n) is 9.83. The normalized spacial score (nSPS) is 12.5. The lowest BCUT2D eigenvalue weighted by Gasteiger charge is -2.22. The van der Waals surface area contributed by atoms with Gasteiger partial charge in [-0.1, -0.05) is 23.2 Å². The van der Waals surface area contributed by atoms with E-state index >= 15 is 0 Å². The molecule has 108 valence electrons. The zero-order valence-corrected chi connectivity index (χ0v) is 12.2. The van der Waals surface area contributed by atoms with Gasteiger partial charge in [0.2, 0.25) is 0 Å². The summed E-state index contributed by atoms with van der Waals surface area (Å²) < 4.78 is 31.7. The Bertz CT molecular complexity index is 458. The zero-order chi connectivity index (χ0) is 13.9. The molecule has 1 aromatic carbocycles. The Morgan fingerprint density at radius 1 is 1.47 bits per heavy atom. The van der Waals surface area contributed by atoms with E-state index in [1.165, 1.54) is 25.1 Å². The van der Waals surface area contributed by atoms with Gasteiger partial charge in [-0.25, -0.2) is 4.79 Å². The van der Waals surface area contributed by atoms with Crippen molar-refractivity contribution in [1.82, 2.24) is 0 Å². The molecule has 0 saturated heterocycles. The maximum atomic E-state index is 13.7. The molecule has 3 nitrogen and oxygen atoms in total. The average molecular weight is 335 g/mol. The average Bonchev–Trinajstić information content (AvgIpc) is 2.31. The first-order valence-electron chi connectivity index (χ1n) is 5.06. The molecular formula is C11H12Cl3F2NO2. The van der Waals surface area contributed by atoms with E-state index in [0.29, 0.717) is 0 Å². The van der Waals surface area contributed by atoms with Gasteiger partial charge in [-0.3, -0.25) is 0 Å². The van der Waals surface area contributed by atoms with Crippen LogP contribution in [-0.4, -0.2) is 18.5 Å². The van der Waals surface area contributed by atoms with Crippen LogP contribution in [0.15, 0.2) is 18.2 Å². The molecule has 0 spiro atoms. The van der Waals surface area contributed by atoms with Gasteiger partial charge in [0.05, 0.1) is 6.61 Å². The maximum Gasteiger partial charge on any atom is 0.379 e. The van der Waals surface area contributed by atoms with Crippen LogP contribution in [0.5, 0.6) is 0 Å². The number of rotatable bonds is 4. The van der Waals surface area contributed by atoms with Crippen molar-refractivity contribution < 1.29 is 18.3 Å². The predicted molar refractivity (Wildman–Crippen MR) is 72.2 cm³/mol. The Balaban J connectivity index is 0.00000324. The summed E-state index contributed by atoms with van der Waals surface area (Å²) in [6, 6.07) is 2.05. The van der Waals surface area contributed by atoms with Gasteiger partial charge in [0.1, 0.15) is 6.04 Å². The minimum absolute atomic E-state index is 0. The molecule has 0 aliphatic rings. The fourth-order valence-corrected chi connectivity index (χ4v) is 1.72. The molecule has 0 saturated carbocycles. The minimum atomic E-state index is -3.87. The fourth-order valence-electron chi connectivity index (χ4n) is 1.30. The predicted octanol–water partition coefficient (Wildman–Crippen LogP) is 3.61. The second kappa shape index (κ2) is 7.24. The summed E-state index contributed by atoms with van der Waals surface area (Å²) in [7, 11) is 0. The van der Waals surface area contributed by atoms with Crippen LogP contribution in [0.3, 0.4) is 0 Å². The maximum absolute atomic E-state index is 13.7. The van der Waals surface area contributed by atoms with Crippen molar-refractivity contribution in [2.45, 2.75) is 18.9 Å². The molecule has 0 amide bonds. The number of hydrogen-bond acceptors (Lipinski definition) is 3. The Labute approximate surface area is 125 Å². The van der Waals surface area contributed by atoms with Crippen molar-refractivity contribution in [3.63, 3.8) is 0 Å². The first kappa shape index (κ1) is 18.4. The molecule has 8 heteroatoms. The number of carbonyl (C=O) groups excluding carboxylic acids is 1. The SMILES string of the molecule is CCOC(=O)C(F)(F)[C@@H](N)c1cc(Cl)ccc1Cl.Cl. The van der Waals surface area contributed by atoms with Crippen molar-refractivity contribution in [1.29, 1.82) is 0 Å². The van der Waals surface area contributed by atoms with E-state index in [0.717, 1.165) is 0 Å². The molecule has 0 aliphatic heterocycles. The monoisotopic (exact) mass is 333 g/mol. The summed E-state index contributed by atoms with van der Waals surface area (Å²) in [4.78, 5) is 11.1. The quantitative estimate of drug-likeness (QED) is 0.856. The van der Waals surface area contributed by atoms with E-state index in [9.17, 15) is 13.6 Å². The molecule has 0 unspecified atom stereocenters. The molecule has 19 heavy (non-hydrogen) atoms. The van der Waals surface area contributed by atoms with Crippen LogP contribution in [-0.2, 0) is 9.53 Å². The van der Waals surface area contributed by atoms with Crippen LogP contribution in [0, 0.1) is 0 Å². The van der Waals surface area contributed by atoms with Crippen LogP contribution in [0.2, 0.25) is 10.0 Å². The van der Waals surface area contributed by atoms with E-state index in [-0.39, 0.29) is 34.6 Å². The molecular weight excluding hydrogens is 322 g/mol. The molecule has 2 N–H and O–H groups in total. The van der Waals surface area contributed by atoms with Gasteiger partial charge < -0.3 is 10.5 Å². The second-order valence-electron chi connectivity index (χ2n) is 3.49. The molecule has 0 heterocycles. The van der Waals surface area contributed by atoms with Crippen LogP contribution >= 0.6 is 35.6 Å². The first-order chi connectivity index (χ1) is 8.30. The highest BCUT2D eigenvalue weighted by Crippen LogP contribution is 2.35. The van der Waals surface area contributed by atoms with Crippen molar-refractivity contribution in [2.75, 3.05) is 6.61 Å². The lowest BCUT2D eigenvalue weighted by molar-refractivity contribution is -0.174. The van der Waals surface area contributed by atoms with E-state index < -0.39 is 17.9 Å². The number of halogens is 5. The molecule has 1 atom stereocenters. The Morgan fingerprint density at radius 2 is 2.05 bits per heavy atom. The molecule has 0 aromatic heterocycles. The van der Waals surface area contributed by atoms with Crippen molar-refractivity contribution in [3.05, 3.63) is 33.8 Å². The standard InChI is InChI=1S/C11H11Cl2F2NO2.ClH/c1-2-18-10(17)11(14,15)9(16)7-5-6(12)3-4-8(7)13;/h3-5,9H,2,16H2,1H3;1H/t9-;/m0./s1. The van der Waals surface area contributed by atoms with E-state index in [1.807, 2.05) is 0 Å². The van der Waals surface area contributed by atoms with Gasteiger partial charge in [0, 0.05) is 10.0 Å². The third-order valence-corrected chi connectivity index (χ3v) is 2.81. The minimum Gasteiger partial charge on any atom is -0.462 e. The third kappa shape index (κ3) is 4.18. The molecule has 1 rings (SSSR count). The van der Waals surface area contributed by atoms with Gasteiger partial charge in [-0.2, -0.15) is 8.78 Å². The second-order valence-corrected chi connectivity index (χ2v) is 4.33. The Morgan fingerprint density at radius 3 is 2.58 bits per heavy atom. The van der Waals surface area contributed by atoms with Gasteiger partial charge in [-0.05, 0) is 30.7 Å². The topological polar surface area (TPSA) is 52.3 Å². The van der Waals surface area contributed by atoms with Gasteiger partial charge in [0.15, 0.2) is 0 Å². The summed E-state index contributed by atoms with van der Waals surface area (Å²) in [6.07, 6.45) is 0. The molecule has 1 aromatic rings. The highest BCUT2D eigenvalue weighted by Gasteiger charge is 2.48. The molecule has 0 radical (unpaired) electrons. The number of esters is 1. The number of ether oxygens (including phenoxy) is 1. The largest absolute Gasteiger partial charge is 0.462 e. The van der Waals surface area contributed by atoms with Crippen LogP contribution in [0.25, 0.3) is 0 Å². The highest BCUT2D eigenvalue weighted by molar-refractivity contribution is 6.33. The number of hydrogen-bond donors (Lipinski definition) is 1. The van der Waals surface area contributed by atoms with E-state index in [2.05, 4.69) is 4.74 Å². The lowest BCUT2D eigenvalue weighted by atomic mass is 10.0.